The van der Waals surface area contributed by atoms with Gasteiger partial charge >= 0.3 is 0 Å². The Bertz CT molecular complexity index is 692. The maximum atomic E-state index is 4.88. The zero-order valence-electron chi connectivity index (χ0n) is 15.3. The normalized spacial score (nSPS) is 21.6. The Kier molecular flexibility index (Phi) is 5.02. The summed E-state index contributed by atoms with van der Waals surface area (Å²) >= 11 is 0. The van der Waals surface area contributed by atoms with Gasteiger partial charge < -0.3 is 4.90 Å². The molecule has 1 aromatic heterocycles. The number of anilines is 1. The van der Waals surface area contributed by atoms with Gasteiger partial charge in [-0.15, -0.1) is 0 Å². The molecule has 4 rings (SSSR count). The Labute approximate surface area is 151 Å². The highest BCUT2D eigenvalue weighted by atomic mass is 15.2. The largest absolute Gasteiger partial charge is 0.356 e. The van der Waals surface area contributed by atoms with Crippen molar-refractivity contribution < 1.29 is 0 Å². The Morgan fingerprint density at radius 3 is 2.52 bits per heavy atom. The van der Waals surface area contributed by atoms with Crippen LogP contribution in [0.15, 0.2) is 42.6 Å². The van der Waals surface area contributed by atoms with Crippen molar-refractivity contribution in [2.75, 3.05) is 24.5 Å². The highest BCUT2D eigenvalue weighted by Gasteiger charge is 2.25. The second-order valence-corrected chi connectivity index (χ2v) is 7.57. The Hall–Kier alpha value is -1.87. The van der Waals surface area contributed by atoms with Crippen molar-refractivity contribution in [3.8, 4) is 0 Å². The summed E-state index contributed by atoms with van der Waals surface area (Å²) in [7, 11) is 0. The van der Waals surface area contributed by atoms with E-state index in [2.05, 4.69) is 59.3 Å². The molecule has 2 fully saturated rings. The van der Waals surface area contributed by atoms with Crippen LogP contribution in [0.4, 0.5) is 5.82 Å². The fraction of sp³-hybridized carbons (Fsp3) is 0.500. The quantitative estimate of drug-likeness (QED) is 0.806. The lowest BCUT2D eigenvalue weighted by Crippen LogP contribution is -2.33. The zero-order valence-corrected chi connectivity index (χ0v) is 15.3. The number of hydrogen-bond donors (Lipinski definition) is 0. The SMILES string of the molecule is Cc1cc([C@H]2CCCCN2Cc2ccccc2)cnc1N1CCCC1. The number of benzene rings is 1. The summed E-state index contributed by atoms with van der Waals surface area (Å²) in [5.41, 5.74) is 4.15. The van der Waals surface area contributed by atoms with Gasteiger partial charge in [-0.05, 0) is 61.9 Å². The number of aryl methyl sites for hydroxylation is 1. The maximum Gasteiger partial charge on any atom is 0.131 e. The molecule has 0 unspecified atom stereocenters. The summed E-state index contributed by atoms with van der Waals surface area (Å²) in [6.07, 6.45) is 8.63. The fourth-order valence-electron chi connectivity index (χ4n) is 4.41. The predicted octanol–water partition coefficient (Wildman–Crippen LogP) is 4.72. The molecule has 0 N–H and O–H groups in total. The smallest absolute Gasteiger partial charge is 0.131 e. The van der Waals surface area contributed by atoms with Gasteiger partial charge in [-0.2, -0.15) is 0 Å². The first-order valence-corrected chi connectivity index (χ1v) is 9.81. The van der Waals surface area contributed by atoms with Crippen LogP contribution in [0.1, 0.15) is 54.8 Å². The molecule has 2 aromatic rings. The molecular weight excluding hydrogens is 306 g/mol. The summed E-state index contributed by atoms with van der Waals surface area (Å²) < 4.78 is 0. The molecule has 2 aliphatic rings. The van der Waals surface area contributed by atoms with Gasteiger partial charge in [0.2, 0.25) is 0 Å². The molecule has 0 saturated carbocycles. The van der Waals surface area contributed by atoms with Gasteiger partial charge in [0, 0.05) is 31.9 Å². The van der Waals surface area contributed by atoms with E-state index in [1.807, 2.05) is 0 Å². The van der Waals surface area contributed by atoms with Gasteiger partial charge in [0.1, 0.15) is 5.82 Å². The number of likely N-dealkylation sites (tertiary alicyclic amines) is 1. The van der Waals surface area contributed by atoms with Crippen molar-refractivity contribution in [2.24, 2.45) is 0 Å². The van der Waals surface area contributed by atoms with Crippen molar-refractivity contribution in [1.82, 2.24) is 9.88 Å². The number of aromatic nitrogens is 1. The van der Waals surface area contributed by atoms with Crippen LogP contribution in [-0.2, 0) is 6.54 Å². The molecular formula is C22H29N3. The predicted molar refractivity (Wildman–Crippen MR) is 104 cm³/mol. The van der Waals surface area contributed by atoms with Crippen molar-refractivity contribution >= 4 is 5.82 Å². The lowest BCUT2D eigenvalue weighted by molar-refractivity contribution is 0.140. The summed E-state index contributed by atoms with van der Waals surface area (Å²) in [6, 6.07) is 13.8. The van der Waals surface area contributed by atoms with Crippen LogP contribution in [0.25, 0.3) is 0 Å². The van der Waals surface area contributed by atoms with E-state index < -0.39 is 0 Å². The summed E-state index contributed by atoms with van der Waals surface area (Å²) in [4.78, 5) is 9.97. The number of nitrogens with zero attached hydrogens (tertiary/aromatic N) is 3. The van der Waals surface area contributed by atoms with Gasteiger partial charge in [0.15, 0.2) is 0 Å². The van der Waals surface area contributed by atoms with E-state index in [1.165, 1.54) is 61.2 Å². The highest BCUT2D eigenvalue weighted by Crippen LogP contribution is 2.33. The maximum absolute atomic E-state index is 4.88. The first-order valence-electron chi connectivity index (χ1n) is 9.81. The minimum absolute atomic E-state index is 0.507. The van der Waals surface area contributed by atoms with Gasteiger partial charge in [-0.1, -0.05) is 36.8 Å². The molecule has 0 bridgehead atoms. The van der Waals surface area contributed by atoms with E-state index in [0.29, 0.717) is 6.04 Å². The first kappa shape index (κ1) is 16.6. The second kappa shape index (κ2) is 7.57. The number of hydrogen-bond acceptors (Lipinski definition) is 3. The summed E-state index contributed by atoms with van der Waals surface area (Å²) in [5, 5.41) is 0. The van der Waals surface area contributed by atoms with Crippen LogP contribution in [0, 0.1) is 6.92 Å². The molecule has 0 spiro atoms. The Balaban J connectivity index is 1.54. The molecule has 3 heterocycles. The van der Waals surface area contributed by atoms with E-state index in [0.717, 1.165) is 19.6 Å². The molecule has 2 saturated heterocycles. The fourth-order valence-corrected chi connectivity index (χ4v) is 4.41. The molecule has 132 valence electrons. The van der Waals surface area contributed by atoms with Gasteiger partial charge in [-0.3, -0.25) is 4.90 Å². The van der Waals surface area contributed by atoms with E-state index in [9.17, 15) is 0 Å². The molecule has 3 heteroatoms. The second-order valence-electron chi connectivity index (χ2n) is 7.57. The molecule has 2 aliphatic heterocycles. The Morgan fingerprint density at radius 1 is 1.00 bits per heavy atom. The van der Waals surface area contributed by atoms with Crippen LogP contribution in [0.5, 0.6) is 0 Å². The molecule has 1 atom stereocenters. The summed E-state index contributed by atoms with van der Waals surface area (Å²) in [5.74, 6) is 1.20. The Morgan fingerprint density at radius 2 is 1.76 bits per heavy atom. The first-order chi connectivity index (χ1) is 12.3. The van der Waals surface area contributed by atoms with Crippen molar-refractivity contribution in [2.45, 2.75) is 51.6 Å². The zero-order chi connectivity index (χ0) is 17.1. The van der Waals surface area contributed by atoms with Crippen LogP contribution in [0.3, 0.4) is 0 Å². The van der Waals surface area contributed by atoms with Gasteiger partial charge in [-0.25, -0.2) is 4.98 Å². The number of rotatable bonds is 4. The lowest BCUT2D eigenvalue weighted by atomic mass is 9.95. The van der Waals surface area contributed by atoms with Crippen LogP contribution in [0.2, 0.25) is 0 Å². The van der Waals surface area contributed by atoms with Crippen LogP contribution < -0.4 is 4.90 Å². The average Bonchev–Trinajstić information content (AvgIpc) is 3.17. The third-order valence-electron chi connectivity index (χ3n) is 5.70. The van der Waals surface area contributed by atoms with Crippen molar-refractivity contribution in [3.63, 3.8) is 0 Å². The third kappa shape index (κ3) is 3.72. The topological polar surface area (TPSA) is 19.4 Å². The molecule has 0 aliphatic carbocycles. The minimum atomic E-state index is 0.507. The number of pyridine rings is 1. The van der Waals surface area contributed by atoms with Crippen LogP contribution in [-0.4, -0.2) is 29.5 Å². The monoisotopic (exact) mass is 335 g/mol. The van der Waals surface area contributed by atoms with E-state index in [-0.39, 0.29) is 0 Å². The van der Waals surface area contributed by atoms with Crippen LogP contribution >= 0.6 is 0 Å². The van der Waals surface area contributed by atoms with E-state index in [1.54, 1.807) is 0 Å². The molecule has 3 nitrogen and oxygen atoms in total. The average molecular weight is 335 g/mol. The van der Waals surface area contributed by atoms with Gasteiger partial charge in [0.05, 0.1) is 0 Å². The highest BCUT2D eigenvalue weighted by molar-refractivity contribution is 5.48. The minimum Gasteiger partial charge on any atom is -0.356 e. The van der Waals surface area contributed by atoms with Crippen molar-refractivity contribution in [1.29, 1.82) is 0 Å². The molecule has 0 radical (unpaired) electrons. The lowest BCUT2D eigenvalue weighted by Gasteiger charge is -2.36. The molecule has 1 aromatic carbocycles. The molecule has 25 heavy (non-hydrogen) atoms. The van der Waals surface area contributed by atoms with Gasteiger partial charge in [0.25, 0.3) is 0 Å². The molecule has 0 amide bonds. The van der Waals surface area contributed by atoms with Crippen molar-refractivity contribution in [3.05, 3.63) is 59.3 Å². The third-order valence-corrected chi connectivity index (χ3v) is 5.70. The number of piperidine rings is 1. The van der Waals surface area contributed by atoms with E-state index >= 15 is 0 Å². The van der Waals surface area contributed by atoms with E-state index in [4.69, 9.17) is 4.98 Å². The standard InChI is InChI=1S/C22H29N3/c1-18-15-20(16-23-22(18)24-12-7-8-13-24)21-11-5-6-14-25(21)17-19-9-3-2-4-10-19/h2-4,9-10,15-16,21H,5-8,11-14,17H2,1H3/t21-/m1/s1. The summed E-state index contributed by atoms with van der Waals surface area (Å²) in [6.45, 7) is 6.78.